The number of aliphatic hydroxyl groups excluding tert-OH is 1. The molecule has 0 atom stereocenters. The molecule has 7 heteroatoms. The Balaban J connectivity index is 2.79. The Labute approximate surface area is 101 Å². The first kappa shape index (κ1) is 13.4. The highest BCUT2D eigenvalue weighted by atomic mass is 16.3. The molecule has 0 fully saturated rings. The summed E-state index contributed by atoms with van der Waals surface area (Å²) >= 11 is 0. The molecule has 0 spiro atoms. The SMILES string of the molecule is CCNc1nc(NCCCO)nc(N(C)C)n1. The molecule has 17 heavy (non-hydrogen) atoms. The number of rotatable bonds is 7. The van der Waals surface area contributed by atoms with E-state index in [1.807, 2.05) is 25.9 Å². The monoisotopic (exact) mass is 240 g/mol. The molecule has 0 unspecified atom stereocenters. The maximum Gasteiger partial charge on any atom is 0.231 e. The summed E-state index contributed by atoms with van der Waals surface area (Å²) in [4.78, 5) is 14.6. The van der Waals surface area contributed by atoms with Crippen LogP contribution in [0.5, 0.6) is 0 Å². The molecule has 0 saturated heterocycles. The number of anilines is 3. The van der Waals surface area contributed by atoms with Gasteiger partial charge in [0.05, 0.1) is 0 Å². The first-order chi connectivity index (χ1) is 8.17. The van der Waals surface area contributed by atoms with Crippen molar-refractivity contribution in [3.05, 3.63) is 0 Å². The lowest BCUT2D eigenvalue weighted by Gasteiger charge is -2.13. The van der Waals surface area contributed by atoms with Gasteiger partial charge in [-0.3, -0.25) is 0 Å². The Morgan fingerprint density at radius 1 is 1.12 bits per heavy atom. The number of nitrogens with one attached hydrogen (secondary N) is 2. The van der Waals surface area contributed by atoms with Gasteiger partial charge in [0.15, 0.2) is 0 Å². The van der Waals surface area contributed by atoms with Gasteiger partial charge in [0, 0.05) is 33.8 Å². The Kier molecular flexibility index (Phi) is 5.41. The number of nitrogens with zero attached hydrogens (tertiary/aromatic N) is 4. The van der Waals surface area contributed by atoms with Crippen LogP contribution in [-0.2, 0) is 0 Å². The van der Waals surface area contributed by atoms with Crippen LogP contribution >= 0.6 is 0 Å². The van der Waals surface area contributed by atoms with Crippen LogP contribution in [0, 0.1) is 0 Å². The predicted octanol–water partition coefficient (Wildman–Crippen LogP) is 0.164. The van der Waals surface area contributed by atoms with Crippen molar-refractivity contribution in [1.82, 2.24) is 15.0 Å². The highest BCUT2D eigenvalue weighted by Crippen LogP contribution is 2.10. The normalized spacial score (nSPS) is 10.1. The number of aliphatic hydroxyl groups is 1. The molecule has 1 heterocycles. The molecule has 0 aliphatic rings. The van der Waals surface area contributed by atoms with E-state index in [1.54, 1.807) is 0 Å². The average molecular weight is 240 g/mol. The van der Waals surface area contributed by atoms with Crippen molar-refractivity contribution in [2.45, 2.75) is 13.3 Å². The fraction of sp³-hybridized carbons (Fsp3) is 0.700. The fourth-order valence-corrected chi connectivity index (χ4v) is 1.16. The highest BCUT2D eigenvalue weighted by Gasteiger charge is 2.06. The zero-order valence-corrected chi connectivity index (χ0v) is 10.6. The Hall–Kier alpha value is -1.63. The molecule has 0 aliphatic heterocycles. The predicted molar refractivity (Wildman–Crippen MR) is 68.5 cm³/mol. The Bertz CT molecular complexity index is 344. The molecular weight excluding hydrogens is 220 g/mol. The van der Waals surface area contributed by atoms with E-state index in [0.29, 0.717) is 30.8 Å². The molecule has 0 saturated carbocycles. The molecule has 0 amide bonds. The van der Waals surface area contributed by atoms with E-state index in [2.05, 4.69) is 25.6 Å². The molecule has 0 aliphatic carbocycles. The third kappa shape index (κ3) is 4.39. The van der Waals surface area contributed by atoms with Crippen LogP contribution in [0.4, 0.5) is 17.8 Å². The zero-order chi connectivity index (χ0) is 12.7. The lowest BCUT2D eigenvalue weighted by molar-refractivity contribution is 0.292. The fourth-order valence-electron chi connectivity index (χ4n) is 1.16. The molecule has 3 N–H and O–H groups in total. The number of aromatic nitrogens is 3. The quantitative estimate of drug-likeness (QED) is 0.585. The minimum absolute atomic E-state index is 0.151. The summed E-state index contributed by atoms with van der Waals surface area (Å²) < 4.78 is 0. The zero-order valence-electron chi connectivity index (χ0n) is 10.6. The molecule has 1 aromatic rings. The maximum atomic E-state index is 8.71. The Morgan fingerprint density at radius 2 is 1.76 bits per heavy atom. The van der Waals surface area contributed by atoms with Crippen LogP contribution in [0.3, 0.4) is 0 Å². The van der Waals surface area contributed by atoms with Gasteiger partial charge >= 0.3 is 0 Å². The van der Waals surface area contributed by atoms with Crippen LogP contribution in [0.25, 0.3) is 0 Å². The van der Waals surface area contributed by atoms with Gasteiger partial charge < -0.3 is 20.6 Å². The largest absolute Gasteiger partial charge is 0.396 e. The molecule has 0 radical (unpaired) electrons. The second kappa shape index (κ2) is 6.85. The average Bonchev–Trinajstić information content (AvgIpc) is 2.29. The van der Waals surface area contributed by atoms with Crippen LogP contribution in [-0.4, -0.2) is 53.9 Å². The molecule has 7 nitrogen and oxygen atoms in total. The Morgan fingerprint density at radius 3 is 2.29 bits per heavy atom. The minimum atomic E-state index is 0.151. The van der Waals surface area contributed by atoms with Crippen molar-refractivity contribution < 1.29 is 5.11 Å². The minimum Gasteiger partial charge on any atom is -0.396 e. The van der Waals surface area contributed by atoms with Gasteiger partial charge in [-0.2, -0.15) is 15.0 Å². The van der Waals surface area contributed by atoms with Crippen LogP contribution in [0.1, 0.15) is 13.3 Å². The van der Waals surface area contributed by atoms with E-state index in [-0.39, 0.29) is 6.61 Å². The van der Waals surface area contributed by atoms with Crippen molar-refractivity contribution >= 4 is 17.8 Å². The second-order valence-corrected chi connectivity index (χ2v) is 3.71. The van der Waals surface area contributed by atoms with E-state index in [4.69, 9.17) is 5.11 Å². The van der Waals surface area contributed by atoms with Gasteiger partial charge in [-0.25, -0.2) is 0 Å². The van der Waals surface area contributed by atoms with Crippen molar-refractivity contribution in [3.8, 4) is 0 Å². The van der Waals surface area contributed by atoms with Crippen molar-refractivity contribution in [1.29, 1.82) is 0 Å². The van der Waals surface area contributed by atoms with Gasteiger partial charge in [0.1, 0.15) is 0 Å². The maximum absolute atomic E-state index is 8.71. The first-order valence-electron chi connectivity index (χ1n) is 5.69. The van der Waals surface area contributed by atoms with Crippen LogP contribution in [0.15, 0.2) is 0 Å². The number of hydrogen-bond acceptors (Lipinski definition) is 7. The van der Waals surface area contributed by atoms with Gasteiger partial charge in [0.2, 0.25) is 17.8 Å². The molecule has 0 bridgehead atoms. The molecule has 96 valence electrons. The third-order valence-electron chi connectivity index (χ3n) is 1.98. The first-order valence-corrected chi connectivity index (χ1v) is 5.69. The summed E-state index contributed by atoms with van der Waals surface area (Å²) in [5, 5.41) is 14.8. The molecule has 1 rings (SSSR count). The summed E-state index contributed by atoms with van der Waals surface area (Å²) in [6, 6.07) is 0. The van der Waals surface area contributed by atoms with Gasteiger partial charge in [-0.1, -0.05) is 0 Å². The summed E-state index contributed by atoms with van der Waals surface area (Å²) in [7, 11) is 3.76. The van der Waals surface area contributed by atoms with E-state index >= 15 is 0 Å². The smallest absolute Gasteiger partial charge is 0.231 e. The van der Waals surface area contributed by atoms with E-state index in [9.17, 15) is 0 Å². The van der Waals surface area contributed by atoms with Gasteiger partial charge in [-0.05, 0) is 13.3 Å². The van der Waals surface area contributed by atoms with Crippen molar-refractivity contribution in [2.75, 3.05) is 49.3 Å². The lowest BCUT2D eigenvalue weighted by Crippen LogP contribution is -2.17. The lowest BCUT2D eigenvalue weighted by atomic mass is 10.4. The molecule has 1 aromatic heterocycles. The van der Waals surface area contributed by atoms with E-state index in [1.165, 1.54) is 0 Å². The van der Waals surface area contributed by atoms with Crippen molar-refractivity contribution in [2.24, 2.45) is 0 Å². The van der Waals surface area contributed by atoms with Gasteiger partial charge in [0.25, 0.3) is 0 Å². The molecular formula is C10H20N6O. The van der Waals surface area contributed by atoms with Crippen molar-refractivity contribution in [3.63, 3.8) is 0 Å². The topological polar surface area (TPSA) is 86.2 Å². The summed E-state index contributed by atoms with van der Waals surface area (Å²) in [6.45, 7) is 3.53. The standard InChI is InChI=1S/C10H20N6O/c1-4-11-8-13-9(12-6-5-7-17)15-10(14-8)16(2)3/h17H,4-7H2,1-3H3,(H2,11,12,13,14,15). The third-order valence-corrected chi connectivity index (χ3v) is 1.98. The van der Waals surface area contributed by atoms with E-state index in [0.717, 1.165) is 6.54 Å². The second-order valence-electron chi connectivity index (χ2n) is 3.71. The number of hydrogen-bond donors (Lipinski definition) is 3. The van der Waals surface area contributed by atoms with Crippen LogP contribution in [0.2, 0.25) is 0 Å². The summed E-state index contributed by atoms with van der Waals surface area (Å²) in [5.74, 6) is 1.67. The van der Waals surface area contributed by atoms with Crippen LogP contribution < -0.4 is 15.5 Å². The van der Waals surface area contributed by atoms with E-state index < -0.39 is 0 Å². The highest BCUT2D eigenvalue weighted by molar-refractivity contribution is 5.42. The van der Waals surface area contributed by atoms with Gasteiger partial charge in [-0.15, -0.1) is 0 Å². The molecule has 0 aromatic carbocycles. The summed E-state index contributed by atoms with van der Waals surface area (Å²) in [5.41, 5.74) is 0. The summed E-state index contributed by atoms with van der Waals surface area (Å²) in [6.07, 6.45) is 0.666.